The van der Waals surface area contributed by atoms with E-state index in [1.165, 1.54) is 32.1 Å². The van der Waals surface area contributed by atoms with Crippen LogP contribution in [0, 0.1) is 0 Å². The zero-order chi connectivity index (χ0) is 15.9. The van der Waals surface area contributed by atoms with Gasteiger partial charge in [-0.1, -0.05) is 65.0 Å². The van der Waals surface area contributed by atoms with E-state index in [4.69, 9.17) is 9.47 Å². The molecule has 0 aromatic carbocycles. The van der Waals surface area contributed by atoms with Crippen molar-refractivity contribution in [1.29, 1.82) is 0 Å². The Morgan fingerprint density at radius 3 is 1.71 bits per heavy atom. The van der Waals surface area contributed by atoms with Gasteiger partial charge >= 0.3 is 11.9 Å². The van der Waals surface area contributed by atoms with Crippen molar-refractivity contribution >= 4 is 11.9 Å². The molecule has 0 N–H and O–H groups in total. The van der Waals surface area contributed by atoms with Crippen LogP contribution in [0.3, 0.4) is 0 Å². The molecule has 0 radical (unpaired) electrons. The first kappa shape index (κ1) is 19.4. The van der Waals surface area contributed by atoms with Gasteiger partial charge in [-0.2, -0.15) is 0 Å². The molecule has 0 aliphatic rings. The maximum Gasteiger partial charge on any atom is 0.333 e. The summed E-state index contributed by atoms with van der Waals surface area (Å²) in [5, 5.41) is 0. The van der Waals surface area contributed by atoms with Crippen molar-refractivity contribution in [2.24, 2.45) is 0 Å². The average Bonchev–Trinajstić information content (AvgIpc) is 2.49. The Kier molecular flexibility index (Phi) is 12.4. The second kappa shape index (κ2) is 13.4. The third kappa shape index (κ3) is 11.9. The molecule has 0 aromatic rings. The van der Waals surface area contributed by atoms with Crippen LogP contribution in [-0.4, -0.2) is 18.2 Å². The molecule has 0 aromatic heterocycles. The second-order valence-corrected chi connectivity index (χ2v) is 4.98. The molecule has 0 fully saturated rings. The van der Waals surface area contributed by atoms with E-state index < -0.39 is 18.2 Å². The van der Waals surface area contributed by atoms with Gasteiger partial charge in [-0.3, -0.25) is 0 Å². The van der Waals surface area contributed by atoms with Crippen molar-refractivity contribution in [3.8, 4) is 0 Å². The van der Waals surface area contributed by atoms with E-state index in [0.717, 1.165) is 31.4 Å². The van der Waals surface area contributed by atoms with E-state index in [1.807, 2.05) is 0 Å². The first-order valence-corrected chi connectivity index (χ1v) is 7.80. The minimum Gasteiger partial charge on any atom is -0.422 e. The highest BCUT2D eigenvalue weighted by molar-refractivity contribution is 5.82. The van der Waals surface area contributed by atoms with E-state index in [1.54, 1.807) is 0 Å². The van der Waals surface area contributed by atoms with E-state index in [9.17, 15) is 9.59 Å². The molecule has 0 bridgehead atoms. The highest BCUT2D eigenvalue weighted by Crippen LogP contribution is 2.13. The molecule has 0 saturated carbocycles. The molecule has 0 heterocycles. The first-order valence-electron chi connectivity index (χ1n) is 7.80. The third-order valence-corrected chi connectivity index (χ3v) is 3.12. The van der Waals surface area contributed by atoms with Crippen LogP contribution in [-0.2, 0) is 19.1 Å². The molecule has 0 atom stereocenters. The standard InChI is InChI=1S/C17H28O4/c1-4-7-8-9-10-11-12-13-14-17(20-15(18)5-2)21-16(19)6-3/h5-6,17H,2-4,7-14H2,1H3. The number of hydrogen-bond donors (Lipinski definition) is 0. The van der Waals surface area contributed by atoms with Gasteiger partial charge in [0.05, 0.1) is 0 Å². The second-order valence-electron chi connectivity index (χ2n) is 4.98. The molecule has 4 nitrogen and oxygen atoms in total. The fourth-order valence-corrected chi connectivity index (χ4v) is 1.94. The average molecular weight is 296 g/mol. The highest BCUT2D eigenvalue weighted by atomic mass is 16.7. The van der Waals surface area contributed by atoms with Gasteiger partial charge in [0.2, 0.25) is 6.29 Å². The summed E-state index contributed by atoms with van der Waals surface area (Å²) < 4.78 is 9.97. The van der Waals surface area contributed by atoms with Crippen molar-refractivity contribution in [2.75, 3.05) is 0 Å². The lowest BCUT2D eigenvalue weighted by molar-refractivity contribution is -0.182. The van der Waals surface area contributed by atoms with Crippen LogP contribution < -0.4 is 0 Å². The summed E-state index contributed by atoms with van der Waals surface area (Å²) in [5.74, 6) is -1.17. The summed E-state index contributed by atoms with van der Waals surface area (Å²) in [4.78, 5) is 22.3. The number of esters is 2. The van der Waals surface area contributed by atoms with Gasteiger partial charge in [0.1, 0.15) is 0 Å². The maximum absolute atomic E-state index is 11.2. The summed E-state index contributed by atoms with van der Waals surface area (Å²) in [7, 11) is 0. The Labute approximate surface area is 128 Å². The normalized spacial score (nSPS) is 10.2. The van der Waals surface area contributed by atoms with Crippen LogP contribution in [0.4, 0.5) is 0 Å². The quantitative estimate of drug-likeness (QED) is 0.220. The smallest absolute Gasteiger partial charge is 0.333 e. The lowest BCUT2D eigenvalue weighted by Gasteiger charge is -2.16. The van der Waals surface area contributed by atoms with Crippen molar-refractivity contribution in [3.05, 3.63) is 25.3 Å². The van der Waals surface area contributed by atoms with Gasteiger partial charge in [-0.25, -0.2) is 9.59 Å². The van der Waals surface area contributed by atoms with Crippen LogP contribution in [0.2, 0.25) is 0 Å². The zero-order valence-electron chi connectivity index (χ0n) is 13.1. The van der Waals surface area contributed by atoms with Crippen LogP contribution in [0.25, 0.3) is 0 Å². The number of rotatable bonds is 13. The third-order valence-electron chi connectivity index (χ3n) is 3.12. The molecular formula is C17H28O4. The van der Waals surface area contributed by atoms with Gasteiger partial charge in [-0.15, -0.1) is 0 Å². The highest BCUT2D eigenvalue weighted by Gasteiger charge is 2.15. The van der Waals surface area contributed by atoms with E-state index >= 15 is 0 Å². The fourth-order valence-electron chi connectivity index (χ4n) is 1.94. The molecule has 21 heavy (non-hydrogen) atoms. The zero-order valence-corrected chi connectivity index (χ0v) is 13.1. The lowest BCUT2D eigenvalue weighted by Crippen LogP contribution is -2.23. The molecule has 120 valence electrons. The predicted molar refractivity (Wildman–Crippen MR) is 83.6 cm³/mol. The van der Waals surface area contributed by atoms with E-state index in [2.05, 4.69) is 20.1 Å². The molecule has 0 aliphatic heterocycles. The summed E-state index contributed by atoms with van der Waals surface area (Å²) in [6.45, 7) is 8.85. The number of unbranched alkanes of at least 4 members (excludes halogenated alkanes) is 7. The van der Waals surface area contributed by atoms with E-state index in [0.29, 0.717) is 6.42 Å². The largest absolute Gasteiger partial charge is 0.422 e. The minimum absolute atomic E-state index is 0.508. The molecule has 0 rings (SSSR count). The van der Waals surface area contributed by atoms with Crippen molar-refractivity contribution in [3.63, 3.8) is 0 Å². The van der Waals surface area contributed by atoms with Crippen LogP contribution >= 0.6 is 0 Å². The van der Waals surface area contributed by atoms with Gasteiger partial charge in [-0.05, 0) is 6.42 Å². The Morgan fingerprint density at radius 1 is 0.857 bits per heavy atom. The molecular weight excluding hydrogens is 268 g/mol. The van der Waals surface area contributed by atoms with Gasteiger partial charge in [0, 0.05) is 18.6 Å². The fraction of sp³-hybridized carbons (Fsp3) is 0.647. The number of hydrogen-bond acceptors (Lipinski definition) is 4. The van der Waals surface area contributed by atoms with Gasteiger partial charge < -0.3 is 9.47 Å². The number of carbonyl (C=O) groups excluding carboxylic acids is 2. The first-order chi connectivity index (χ1) is 10.1. The van der Waals surface area contributed by atoms with Crippen LogP contribution in [0.15, 0.2) is 25.3 Å². The van der Waals surface area contributed by atoms with Gasteiger partial charge in [0.15, 0.2) is 0 Å². The SMILES string of the molecule is C=CC(=O)OC(CCCCCCCCCC)OC(=O)C=C. The Bertz CT molecular complexity index is 301. The Balaban J connectivity index is 3.84. The summed E-state index contributed by atoms with van der Waals surface area (Å²) >= 11 is 0. The van der Waals surface area contributed by atoms with Crippen molar-refractivity contribution in [1.82, 2.24) is 0 Å². The van der Waals surface area contributed by atoms with Crippen molar-refractivity contribution < 1.29 is 19.1 Å². The molecule has 0 aliphatic carbocycles. The Hall–Kier alpha value is -1.58. The van der Waals surface area contributed by atoms with Crippen molar-refractivity contribution in [2.45, 2.75) is 71.0 Å². The summed E-state index contributed by atoms with van der Waals surface area (Å²) in [6.07, 6.45) is 11.2. The summed E-state index contributed by atoms with van der Waals surface area (Å²) in [6, 6.07) is 0. The molecule has 0 amide bonds. The molecule has 0 spiro atoms. The van der Waals surface area contributed by atoms with Crippen LogP contribution in [0.5, 0.6) is 0 Å². The Morgan fingerprint density at radius 2 is 1.29 bits per heavy atom. The number of carbonyl (C=O) groups is 2. The molecule has 0 unspecified atom stereocenters. The topological polar surface area (TPSA) is 52.6 Å². The van der Waals surface area contributed by atoms with E-state index in [-0.39, 0.29) is 0 Å². The molecule has 0 saturated heterocycles. The maximum atomic E-state index is 11.2. The monoisotopic (exact) mass is 296 g/mol. The summed E-state index contributed by atoms with van der Waals surface area (Å²) in [5.41, 5.74) is 0. The van der Waals surface area contributed by atoms with Crippen LogP contribution in [0.1, 0.15) is 64.7 Å². The number of ether oxygens (including phenoxy) is 2. The molecule has 4 heteroatoms. The van der Waals surface area contributed by atoms with Gasteiger partial charge in [0.25, 0.3) is 0 Å². The predicted octanol–water partition coefficient (Wildman–Crippen LogP) is 4.30. The lowest BCUT2D eigenvalue weighted by atomic mass is 10.1. The minimum atomic E-state index is -0.846.